The van der Waals surface area contributed by atoms with Gasteiger partial charge in [0.05, 0.1) is 13.7 Å². The molecule has 2 saturated heterocycles. The highest BCUT2D eigenvalue weighted by atomic mass is 16.5. The number of nitrogens with zero attached hydrogens (tertiary/aromatic N) is 4. The molecule has 2 aliphatic heterocycles. The number of anilines is 1. The van der Waals surface area contributed by atoms with E-state index in [-0.39, 0.29) is 5.91 Å². The average molecular weight is 423 g/mol. The molecule has 0 N–H and O–H groups in total. The van der Waals surface area contributed by atoms with Crippen LogP contribution in [0.5, 0.6) is 5.75 Å². The van der Waals surface area contributed by atoms with Crippen molar-refractivity contribution >= 4 is 11.6 Å². The molecule has 0 unspecified atom stereocenters. The zero-order chi connectivity index (χ0) is 21.6. The third kappa shape index (κ3) is 5.38. The first-order valence-corrected chi connectivity index (χ1v) is 11.3. The third-order valence-electron chi connectivity index (χ3n) is 6.67. The van der Waals surface area contributed by atoms with Crippen LogP contribution in [0.25, 0.3) is 0 Å². The lowest BCUT2D eigenvalue weighted by Gasteiger charge is -2.40. The highest BCUT2D eigenvalue weighted by Gasteiger charge is 2.26. The Morgan fingerprint density at radius 3 is 2.13 bits per heavy atom. The summed E-state index contributed by atoms with van der Waals surface area (Å²) >= 11 is 0. The summed E-state index contributed by atoms with van der Waals surface area (Å²) in [7, 11) is 1.69. The van der Waals surface area contributed by atoms with Crippen LogP contribution in [0, 0.1) is 0 Å². The summed E-state index contributed by atoms with van der Waals surface area (Å²) in [5.41, 5.74) is 2.56. The van der Waals surface area contributed by atoms with Gasteiger partial charge in [-0.25, -0.2) is 0 Å². The Labute approximate surface area is 186 Å². The summed E-state index contributed by atoms with van der Waals surface area (Å²) < 4.78 is 5.25. The number of methoxy groups -OCH3 is 1. The molecule has 1 atom stereocenters. The highest BCUT2D eigenvalue weighted by molar-refractivity contribution is 5.78. The van der Waals surface area contributed by atoms with Gasteiger partial charge < -0.3 is 14.5 Å². The molecular formula is C25H34N4O2. The lowest BCUT2D eigenvalue weighted by Crippen LogP contribution is -2.54. The molecule has 2 aromatic carbocycles. The molecule has 2 aliphatic rings. The molecule has 2 aromatic rings. The van der Waals surface area contributed by atoms with Crippen molar-refractivity contribution in [1.29, 1.82) is 0 Å². The summed E-state index contributed by atoms with van der Waals surface area (Å²) in [6, 6.07) is 19.2. The Bertz CT molecular complexity index is 826. The number of hydrogen-bond acceptors (Lipinski definition) is 5. The minimum atomic E-state index is 0.268. The zero-order valence-corrected chi connectivity index (χ0v) is 18.7. The van der Waals surface area contributed by atoms with Crippen LogP contribution in [0.2, 0.25) is 0 Å². The second kappa shape index (κ2) is 10.2. The summed E-state index contributed by atoms with van der Waals surface area (Å²) in [5, 5.41) is 0. The minimum absolute atomic E-state index is 0.268. The molecule has 0 aromatic heterocycles. The predicted molar refractivity (Wildman–Crippen MR) is 125 cm³/mol. The van der Waals surface area contributed by atoms with E-state index in [4.69, 9.17) is 4.74 Å². The Balaban J connectivity index is 1.21. The van der Waals surface area contributed by atoms with Crippen molar-refractivity contribution in [2.24, 2.45) is 0 Å². The van der Waals surface area contributed by atoms with Crippen molar-refractivity contribution in [2.45, 2.75) is 13.0 Å². The molecule has 1 amide bonds. The largest absolute Gasteiger partial charge is 0.497 e. The maximum atomic E-state index is 12.9. The normalized spacial score (nSPS) is 19.3. The number of carbonyl (C=O) groups excluding carboxylic acids is 1. The molecule has 4 rings (SSSR count). The van der Waals surface area contributed by atoms with Gasteiger partial charge in [-0.2, -0.15) is 0 Å². The Morgan fingerprint density at radius 2 is 1.52 bits per heavy atom. The van der Waals surface area contributed by atoms with Gasteiger partial charge in [0, 0.05) is 64.1 Å². The van der Waals surface area contributed by atoms with Crippen LogP contribution in [0.1, 0.15) is 18.5 Å². The van der Waals surface area contributed by atoms with Crippen molar-refractivity contribution in [2.75, 3.05) is 70.9 Å². The van der Waals surface area contributed by atoms with Gasteiger partial charge in [-0.3, -0.25) is 14.6 Å². The van der Waals surface area contributed by atoms with Gasteiger partial charge in [0.2, 0.25) is 5.91 Å². The zero-order valence-electron chi connectivity index (χ0n) is 18.7. The van der Waals surface area contributed by atoms with Gasteiger partial charge in [-0.05, 0) is 36.8 Å². The van der Waals surface area contributed by atoms with Gasteiger partial charge in [0.1, 0.15) is 5.75 Å². The van der Waals surface area contributed by atoms with Crippen molar-refractivity contribution in [3.05, 3.63) is 60.2 Å². The van der Waals surface area contributed by atoms with Gasteiger partial charge in [-0.15, -0.1) is 0 Å². The molecule has 31 heavy (non-hydrogen) atoms. The van der Waals surface area contributed by atoms with E-state index >= 15 is 0 Å². The van der Waals surface area contributed by atoms with E-state index in [0.29, 0.717) is 12.6 Å². The Morgan fingerprint density at radius 1 is 0.871 bits per heavy atom. The topological polar surface area (TPSA) is 39.3 Å². The van der Waals surface area contributed by atoms with E-state index in [0.717, 1.165) is 58.1 Å². The standard InChI is InChI=1S/C25H34N4O2/c1-21(22-6-4-3-5-7-22)27-16-18-29(19-17-27)25(30)20-26-12-14-28(15-13-26)23-8-10-24(31-2)11-9-23/h3-11,21H,12-20H2,1-2H3/t21-/m0/s1. The second-order valence-electron chi connectivity index (χ2n) is 8.46. The average Bonchev–Trinajstić information content (AvgIpc) is 2.85. The van der Waals surface area contributed by atoms with Gasteiger partial charge in [0.15, 0.2) is 0 Å². The van der Waals surface area contributed by atoms with Crippen LogP contribution in [-0.4, -0.2) is 86.6 Å². The van der Waals surface area contributed by atoms with Crippen LogP contribution >= 0.6 is 0 Å². The van der Waals surface area contributed by atoms with E-state index in [1.54, 1.807) is 7.11 Å². The fourth-order valence-electron chi connectivity index (χ4n) is 4.55. The summed E-state index contributed by atoms with van der Waals surface area (Å²) in [6.45, 7) is 10.0. The van der Waals surface area contributed by atoms with E-state index in [1.165, 1.54) is 11.3 Å². The van der Waals surface area contributed by atoms with Gasteiger partial charge >= 0.3 is 0 Å². The smallest absolute Gasteiger partial charge is 0.236 e. The number of hydrogen-bond donors (Lipinski definition) is 0. The van der Waals surface area contributed by atoms with Crippen LogP contribution in [0.15, 0.2) is 54.6 Å². The van der Waals surface area contributed by atoms with Gasteiger partial charge in [-0.1, -0.05) is 30.3 Å². The molecule has 2 heterocycles. The molecule has 0 spiro atoms. The van der Waals surface area contributed by atoms with E-state index < -0.39 is 0 Å². The third-order valence-corrected chi connectivity index (χ3v) is 6.67. The number of rotatable bonds is 6. The van der Waals surface area contributed by atoms with Gasteiger partial charge in [0.25, 0.3) is 0 Å². The Kier molecular flexibility index (Phi) is 7.10. The maximum absolute atomic E-state index is 12.9. The minimum Gasteiger partial charge on any atom is -0.497 e. The number of ether oxygens (including phenoxy) is 1. The van der Waals surface area contributed by atoms with E-state index in [9.17, 15) is 4.79 Å². The highest BCUT2D eigenvalue weighted by Crippen LogP contribution is 2.22. The summed E-state index contributed by atoms with van der Waals surface area (Å²) in [5.74, 6) is 1.15. The van der Waals surface area contributed by atoms with Crippen molar-refractivity contribution in [3.63, 3.8) is 0 Å². The molecule has 6 nitrogen and oxygen atoms in total. The van der Waals surface area contributed by atoms with Crippen molar-refractivity contribution in [1.82, 2.24) is 14.7 Å². The maximum Gasteiger partial charge on any atom is 0.236 e. The van der Waals surface area contributed by atoms with Crippen molar-refractivity contribution < 1.29 is 9.53 Å². The van der Waals surface area contributed by atoms with Crippen LogP contribution in [0.3, 0.4) is 0 Å². The molecule has 2 fully saturated rings. The fraction of sp³-hybridized carbons (Fsp3) is 0.480. The number of amides is 1. The Hall–Kier alpha value is -2.57. The second-order valence-corrected chi connectivity index (χ2v) is 8.46. The summed E-state index contributed by atoms with van der Waals surface area (Å²) in [6.07, 6.45) is 0. The molecule has 0 bridgehead atoms. The van der Waals surface area contributed by atoms with Crippen LogP contribution < -0.4 is 9.64 Å². The van der Waals surface area contributed by atoms with E-state index in [1.807, 2.05) is 17.0 Å². The fourth-order valence-corrected chi connectivity index (χ4v) is 4.55. The molecule has 0 aliphatic carbocycles. The summed E-state index contributed by atoms with van der Waals surface area (Å²) in [4.78, 5) is 22.1. The first kappa shape index (κ1) is 21.7. The SMILES string of the molecule is COc1ccc(N2CCN(CC(=O)N3CCN([C@@H](C)c4ccccc4)CC3)CC2)cc1. The predicted octanol–water partition coefficient (Wildman–Crippen LogP) is 2.72. The molecule has 166 valence electrons. The van der Waals surface area contributed by atoms with Crippen LogP contribution in [-0.2, 0) is 4.79 Å². The quantitative estimate of drug-likeness (QED) is 0.716. The molecule has 6 heteroatoms. The lowest BCUT2D eigenvalue weighted by atomic mass is 10.1. The van der Waals surface area contributed by atoms with Crippen molar-refractivity contribution in [3.8, 4) is 5.75 Å². The number of piperazine rings is 2. The number of carbonyl (C=O) groups is 1. The molecule has 0 saturated carbocycles. The lowest BCUT2D eigenvalue weighted by molar-refractivity contribution is -0.134. The molecular weight excluding hydrogens is 388 g/mol. The van der Waals surface area contributed by atoms with Crippen LogP contribution in [0.4, 0.5) is 5.69 Å². The first-order valence-electron chi connectivity index (χ1n) is 11.3. The van der Waals surface area contributed by atoms with E-state index in [2.05, 4.69) is 64.1 Å². The monoisotopic (exact) mass is 422 g/mol. The molecule has 0 radical (unpaired) electrons. The number of benzene rings is 2. The first-order chi connectivity index (χ1) is 15.1.